The Morgan fingerprint density at radius 3 is 3.06 bits per heavy atom. The SMILES string of the molecule is CCOC(=O)CNc1cc(C2CC2)ncn1. The lowest BCUT2D eigenvalue weighted by atomic mass is 10.3. The van der Waals surface area contributed by atoms with Gasteiger partial charge in [0, 0.05) is 17.7 Å². The van der Waals surface area contributed by atoms with E-state index in [0.717, 1.165) is 5.69 Å². The van der Waals surface area contributed by atoms with Crippen molar-refractivity contribution in [2.75, 3.05) is 18.5 Å². The zero-order chi connectivity index (χ0) is 11.4. The molecule has 86 valence electrons. The minimum atomic E-state index is -0.269. The first-order valence-corrected chi connectivity index (χ1v) is 5.51. The summed E-state index contributed by atoms with van der Waals surface area (Å²) in [7, 11) is 0. The number of aromatic nitrogens is 2. The van der Waals surface area contributed by atoms with Crippen LogP contribution in [-0.2, 0) is 9.53 Å². The van der Waals surface area contributed by atoms with Gasteiger partial charge in [0.05, 0.1) is 6.61 Å². The molecular formula is C11H15N3O2. The topological polar surface area (TPSA) is 64.1 Å². The second-order valence-electron chi connectivity index (χ2n) is 3.76. The summed E-state index contributed by atoms with van der Waals surface area (Å²) in [4.78, 5) is 19.4. The van der Waals surface area contributed by atoms with Gasteiger partial charge >= 0.3 is 5.97 Å². The van der Waals surface area contributed by atoms with Gasteiger partial charge in [-0.2, -0.15) is 0 Å². The van der Waals surface area contributed by atoms with Crippen LogP contribution in [0.5, 0.6) is 0 Å². The Morgan fingerprint density at radius 2 is 2.38 bits per heavy atom. The molecule has 5 nitrogen and oxygen atoms in total. The first-order valence-electron chi connectivity index (χ1n) is 5.51. The summed E-state index contributed by atoms with van der Waals surface area (Å²) in [6.45, 7) is 2.33. The van der Waals surface area contributed by atoms with E-state index in [9.17, 15) is 4.79 Å². The summed E-state index contributed by atoms with van der Waals surface area (Å²) in [6, 6.07) is 1.90. The molecule has 16 heavy (non-hydrogen) atoms. The lowest BCUT2D eigenvalue weighted by molar-refractivity contribution is -0.140. The molecule has 0 amide bonds. The number of rotatable bonds is 5. The number of nitrogens with one attached hydrogen (secondary N) is 1. The highest BCUT2D eigenvalue weighted by atomic mass is 16.5. The lowest BCUT2D eigenvalue weighted by Gasteiger charge is -2.05. The van der Waals surface area contributed by atoms with E-state index in [1.165, 1.54) is 19.2 Å². The molecule has 2 rings (SSSR count). The third-order valence-electron chi connectivity index (χ3n) is 2.40. The second-order valence-corrected chi connectivity index (χ2v) is 3.76. The van der Waals surface area contributed by atoms with E-state index in [-0.39, 0.29) is 12.5 Å². The molecule has 1 heterocycles. The van der Waals surface area contributed by atoms with Gasteiger partial charge in [-0.1, -0.05) is 0 Å². The number of nitrogens with zero attached hydrogens (tertiary/aromatic N) is 2. The fourth-order valence-electron chi connectivity index (χ4n) is 1.45. The number of ether oxygens (including phenoxy) is 1. The summed E-state index contributed by atoms with van der Waals surface area (Å²) in [5.41, 5.74) is 1.06. The van der Waals surface area contributed by atoms with Crippen LogP contribution in [0, 0.1) is 0 Å². The second kappa shape index (κ2) is 4.92. The summed E-state index contributed by atoms with van der Waals surface area (Å²) in [5.74, 6) is 1.00. The number of carbonyl (C=O) groups is 1. The molecule has 0 spiro atoms. The molecule has 1 aromatic heterocycles. The monoisotopic (exact) mass is 221 g/mol. The fourth-order valence-corrected chi connectivity index (χ4v) is 1.45. The molecule has 0 aliphatic heterocycles. The van der Waals surface area contributed by atoms with Crippen LogP contribution in [0.3, 0.4) is 0 Å². The smallest absolute Gasteiger partial charge is 0.325 e. The predicted octanol–water partition coefficient (Wildman–Crippen LogP) is 1.33. The Balaban J connectivity index is 1.88. The minimum Gasteiger partial charge on any atom is -0.465 e. The molecule has 1 aliphatic rings. The van der Waals surface area contributed by atoms with Crippen LogP contribution < -0.4 is 5.32 Å². The maximum Gasteiger partial charge on any atom is 0.325 e. The van der Waals surface area contributed by atoms with E-state index in [4.69, 9.17) is 4.74 Å². The Morgan fingerprint density at radius 1 is 1.56 bits per heavy atom. The van der Waals surface area contributed by atoms with E-state index in [1.54, 1.807) is 6.92 Å². The predicted molar refractivity (Wildman–Crippen MR) is 59.1 cm³/mol. The maximum atomic E-state index is 11.1. The van der Waals surface area contributed by atoms with Gasteiger partial charge in [0.25, 0.3) is 0 Å². The van der Waals surface area contributed by atoms with Gasteiger partial charge in [0.1, 0.15) is 18.7 Å². The van der Waals surface area contributed by atoms with E-state index in [0.29, 0.717) is 18.3 Å². The van der Waals surface area contributed by atoms with Crippen LogP contribution in [0.4, 0.5) is 5.82 Å². The molecule has 0 radical (unpaired) electrons. The summed E-state index contributed by atoms with van der Waals surface area (Å²) < 4.78 is 4.81. The van der Waals surface area contributed by atoms with Gasteiger partial charge in [-0.3, -0.25) is 4.79 Å². The number of esters is 1. The molecule has 0 bridgehead atoms. The van der Waals surface area contributed by atoms with E-state index in [2.05, 4.69) is 15.3 Å². The molecule has 1 aliphatic carbocycles. The van der Waals surface area contributed by atoms with Crippen molar-refractivity contribution < 1.29 is 9.53 Å². The minimum absolute atomic E-state index is 0.148. The van der Waals surface area contributed by atoms with Crippen molar-refractivity contribution in [1.82, 2.24) is 9.97 Å². The van der Waals surface area contributed by atoms with Crippen LogP contribution >= 0.6 is 0 Å². The van der Waals surface area contributed by atoms with Gasteiger partial charge in [-0.25, -0.2) is 9.97 Å². The summed E-state index contributed by atoms with van der Waals surface area (Å²) in [5, 5.41) is 2.93. The highest BCUT2D eigenvalue weighted by Crippen LogP contribution is 2.39. The van der Waals surface area contributed by atoms with Gasteiger partial charge < -0.3 is 10.1 Å². The van der Waals surface area contributed by atoms with E-state index >= 15 is 0 Å². The number of carbonyl (C=O) groups excluding carboxylic acids is 1. The molecule has 0 aromatic carbocycles. The normalized spacial score (nSPS) is 14.6. The standard InChI is InChI=1S/C11H15N3O2/c1-2-16-11(15)6-12-10-5-9(8-3-4-8)13-7-14-10/h5,7-8H,2-4,6H2,1H3,(H,12,13,14). The van der Waals surface area contributed by atoms with Crippen LogP contribution in [0.1, 0.15) is 31.4 Å². The van der Waals surface area contributed by atoms with Gasteiger partial charge in [0.2, 0.25) is 0 Å². The zero-order valence-electron chi connectivity index (χ0n) is 9.27. The first kappa shape index (κ1) is 10.9. The molecule has 0 saturated heterocycles. The maximum absolute atomic E-state index is 11.1. The summed E-state index contributed by atoms with van der Waals surface area (Å²) >= 11 is 0. The highest BCUT2D eigenvalue weighted by molar-refractivity contribution is 5.74. The van der Waals surface area contributed by atoms with Crippen LogP contribution in [-0.4, -0.2) is 29.1 Å². The van der Waals surface area contributed by atoms with Crippen molar-refractivity contribution in [3.05, 3.63) is 18.1 Å². The highest BCUT2D eigenvalue weighted by Gasteiger charge is 2.25. The quantitative estimate of drug-likeness (QED) is 0.760. The van der Waals surface area contributed by atoms with Crippen LogP contribution in [0.15, 0.2) is 12.4 Å². The zero-order valence-corrected chi connectivity index (χ0v) is 9.27. The van der Waals surface area contributed by atoms with Gasteiger partial charge in [-0.15, -0.1) is 0 Å². The molecule has 1 N–H and O–H groups in total. The molecule has 5 heteroatoms. The molecule has 1 saturated carbocycles. The Bertz CT molecular complexity index is 377. The Kier molecular flexibility index (Phi) is 3.34. The first-order chi connectivity index (χ1) is 7.79. The van der Waals surface area contributed by atoms with E-state index < -0.39 is 0 Å². The van der Waals surface area contributed by atoms with Crippen molar-refractivity contribution in [2.24, 2.45) is 0 Å². The number of hydrogen-bond acceptors (Lipinski definition) is 5. The largest absolute Gasteiger partial charge is 0.465 e. The fraction of sp³-hybridized carbons (Fsp3) is 0.545. The Labute approximate surface area is 94.2 Å². The average Bonchev–Trinajstić information content (AvgIpc) is 3.11. The third kappa shape index (κ3) is 2.92. The molecular weight excluding hydrogens is 206 g/mol. The van der Waals surface area contributed by atoms with Gasteiger partial charge in [-0.05, 0) is 19.8 Å². The number of anilines is 1. The van der Waals surface area contributed by atoms with Gasteiger partial charge in [0.15, 0.2) is 0 Å². The Hall–Kier alpha value is -1.65. The molecule has 1 fully saturated rings. The van der Waals surface area contributed by atoms with Crippen molar-refractivity contribution in [2.45, 2.75) is 25.7 Å². The van der Waals surface area contributed by atoms with Crippen molar-refractivity contribution in [3.8, 4) is 0 Å². The van der Waals surface area contributed by atoms with Crippen molar-refractivity contribution in [3.63, 3.8) is 0 Å². The molecule has 0 atom stereocenters. The van der Waals surface area contributed by atoms with Crippen LogP contribution in [0.2, 0.25) is 0 Å². The van der Waals surface area contributed by atoms with E-state index in [1.807, 2.05) is 6.07 Å². The molecule has 1 aromatic rings. The number of hydrogen-bond donors (Lipinski definition) is 1. The van der Waals surface area contributed by atoms with Crippen molar-refractivity contribution in [1.29, 1.82) is 0 Å². The average molecular weight is 221 g/mol. The third-order valence-corrected chi connectivity index (χ3v) is 2.40. The molecule has 0 unspecified atom stereocenters. The van der Waals surface area contributed by atoms with Crippen molar-refractivity contribution >= 4 is 11.8 Å². The lowest BCUT2D eigenvalue weighted by Crippen LogP contribution is -2.17. The summed E-state index contributed by atoms with van der Waals surface area (Å²) in [6.07, 6.45) is 3.93. The van der Waals surface area contributed by atoms with Crippen LogP contribution in [0.25, 0.3) is 0 Å².